The molecular weight excluding hydrogens is 378 g/mol. The summed E-state index contributed by atoms with van der Waals surface area (Å²) in [6.45, 7) is 2.32. The van der Waals surface area contributed by atoms with Gasteiger partial charge in [0.05, 0.1) is 10.6 Å². The summed E-state index contributed by atoms with van der Waals surface area (Å²) < 4.78 is 29.9. The van der Waals surface area contributed by atoms with Crippen LogP contribution in [-0.4, -0.2) is 24.3 Å². The smallest absolute Gasteiger partial charge is 0.240 e. The van der Waals surface area contributed by atoms with Crippen LogP contribution in [0.25, 0.3) is 5.65 Å². The number of rotatable bonds is 5. The molecule has 23 heavy (non-hydrogen) atoms. The number of halogens is 1. The maximum absolute atomic E-state index is 12.2. The van der Waals surface area contributed by atoms with Gasteiger partial charge in [-0.15, -0.1) is 0 Å². The monoisotopic (exact) mass is 393 g/mol. The molecule has 0 fully saturated rings. The normalized spacial score (nSPS) is 11.9. The van der Waals surface area contributed by atoms with Crippen molar-refractivity contribution in [1.29, 1.82) is 0 Å². The Morgan fingerprint density at radius 3 is 2.61 bits per heavy atom. The van der Waals surface area contributed by atoms with Crippen LogP contribution < -0.4 is 4.72 Å². The second-order valence-electron chi connectivity index (χ2n) is 5.23. The topological polar surface area (TPSA) is 63.5 Å². The third-order valence-electron chi connectivity index (χ3n) is 3.54. The number of aryl methyl sites for hydroxylation is 1. The number of imidazole rings is 1. The van der Waals surface area contributed by atoms with Crippen LogP contribution in [0.5, 0.6) is 0 Å². The maximum atomic E-state index is 12.2. The lowest BCUT2D eigenvalue weighted by molar-refractivity contribution is 0.581. The molecule has 0 aliphatic rings. The zero-order valence-electron chi connectivity index (χ0n) is 12.5. The molecule has 2 heterocycles. The van der Waals surface area contributed by atoms with Crippen LogP contribution in [0.4, 0.5) is 0 Å². The van der Waals surface area contributed by atoms with Crippen LogP contribution in [0.3, 0.4) is 0 Å². The number of hydrogen-bond donors (Lipinski definition) is 1. The molecule has 3 rings (SSSR count). The van der Waals surface area contributed by atoms with Crippen LogP contribution in [0.1, 0.15) is 11.4 Å². The highest BCUT2D eigenvalue weighted by Crippen LogP contribution is 2.14. The number of aromatic nitrogens is 2. The first-order valence-electron chi connectivity index (χ1n) is 7.14. The van der Waals surface area contributed by atoms with Crippen LogP contribution in [0, 0.1) is 6.92 Å². The summed E-state index contributed by atoms with van der Waals surface area (Å²) in [5, 5.41) is 0. The number of fused-ring (bicyclic) bond motifs is 1. The third kappa shape index (κ3) is 3.63. The molecular formula is C16H16BrN3O2S. The average Bonchev–Trinajstić information content (AvgIpc) is 2.92. The van der Waals surface area contributed by atoms with Crippen molar-refractivity contribution < 1.29 is 8.42 Å². The molecule has 1 aromatic carbocycles. The van der Waals surface area contributed by atoms with E-state index < -0.39 is 10.0 Å². The van der Waals surface area contributed by atoms with Crippen LogP contribution >= 0.6 is 15.9 Å². The van der Waals surface area contributed by atoms with E-state index in [1.807, 2.05) is 35.7 Å². The highest BCUT2D eigenvalue weighted by molar-refractivity contribution is 9.10. The Morgan fingerprint density at radius 1 is 1.17 bits per heavy atom. The Hall–Kier alpha value is -1.70. The van der Waals surface area contributed by atoms with E-state index in [-0.39, 0.29) is 4.90 Å². The van der Waals surface area contributed by atoms with Gasteiger partial charge in [0, 0.05) is 29.3 Å². The number of benzene rings is 1. The highest BCUT2D eigenvalue weighted by Gasteiger charge is 2.13. The van der Waals surface area contributed by atoms with E-state index in [4.69, 9.17) is 0 Å². The number of sulfonamides is 1. The zero-order chi connectivity index (χ0) is 16.4. The first-order chi connectivity index (χ1) is 11.0. The van der Waals surface area contributed by atoms with Gasteiger partial charge >= 0.3 is 0 Å². The molecule has 3 aromatic rings. The Labute approximate surface area is 143 Å². The summed E-state index contributed by atoms with van der Waals surface area (Å²) in [6.07, 6.45) is 2.48. The molecule has 0 atom stereocenters. The lowest BCUT2D eigenvalue weighted by Crippen LogP contribution is -2.26. The first kappa shape index (κ1) is 16.2. The average molecular weight is 394 g/mol. The van der Waals surface area contributed by atoms with E-state index in [0.29, 0.717) is 13.0 Å². The van der Waals surface area contributed by atoms with Gasteiger partial charge in [-0.25, -0.2) is 18.1 Å². The van der Waals surface area contributed by atoms with E-state index >= 15 is 0 Å². The lowest BCUT2D eigenvalue weighted by atomic mass is 10.3. The van der Waals surface area contributed by atoms with Crippen molar-refractivity contribution in [3.8, 4) is 0 Å². The SMILES string of the molecule is Cc1cccc2nc(CCNS(=O)(=O)c3ccc(Br)cc3)cn12. The molecule has 5 nitrogen and oxygen atoms in total. The van der Waals surface area contributed by atoms with Gasteiger partial charge in [0.1, 0.15) is 5.65 Å². The van der Waals surface area contributed by atoms with E-state index in [9.17, 15) is 8.42 Å². The van der Waals surface area contributed by atoms with Crippen molar-refractivity contribution >= 4 is 31.6 Å². The van der Waals surface area contributed by atoms with Gasteiger partial charge in [-0.2, -0.15) is 0 Å². The summed E-state index contributed by atoms with van der Waals surface area (Å²) in [5.41, 5.74) is 2.82. The summed E-state index contributed by atoms with van der Waals surface area (Å²) in [4.78, 5) is 4.76. The fourth-order valence-corrected chi connectivity index (χ4v) is 3.63. The highest BCUT2D eigenvalue weighted by atomic mass is 79.9. The molecule has 0 unspecified atom stereocenters. The summed E-state index contributed by atoms with van der Waals surface area (Å²) in [5.74, 6) is 0. The predicted octanol–water partition coefficient (Wildman–Crippen LogP) is 2.93. The number of nitrogens with zero attached hydrogens (tertiary/aromatic N) is 2. The third-order valence-corrected chi connectivity index (χ3v) is 5.55. The molecule has 0 aliphatic heterocycles. The Bertz CT molecular complexity index is 934. The van der Waals surface area contributed by atoms with Gasteiger partial charge in [-0.3, -0.25) is 0 Å². The fourth-order valence-electron chi connectivity index (χ4n) is 2.33. The molecule has 120 valence electrons. The maximum Gasteiger partial charge on any atom is 0.240 e. The molecule has 0 amide bonds. The summed E-state index contributed by atoms with van der Waals surface area (Å²) in [7, 11) is -3.49. The Morgan fingerprint density at radius 2 is 1.91 bits per heavy atom. The standard InChI is InChI=1S/C16H16BrN3O2S/c1-12-3-2-4-16-19-14(11-20(12)16)9-10-18-23(21,22)15-7-5-13(17)6-8-15/h2-8,11,18H,9-10H2,1H3. The number of hydrogen-bond acceptors (Lipinski definition) is 3. The first-order valence-corrected chi connectivity index (χ1v) is 9.42. The number of pyridine rings is 1. The second-order valence-corrected chi connectivity index (χ2v) is 7.91. The van der Waals surface area contributed by atoms with Crippen molar-refractivity contribution in [3.63, 3.8) is 0 Å². The Kier molecular flexibility index (Phi) is 4.52. The van der Waals surface area contributed by atoms with Crippen molar-refractivity contribution in [1.82, 2.24) is 14.1 Å². The summed E-state index contributed by atoms with van der Waals surface area (Å²) in [6, 6.07) is 12.5. The fraction of sp³-hybridized carbons (Fsp3) is 0.188. The van der Waals surface area contributed by atoms with E-state index in [1.165, 1.54) is 0 Å². The Balaban J connectivity index is 1.68. The van der Waals surface area contributed by atoms with Gasteiger partial charge < -0.3 is 4.40 Å². The minimum Gasteiger partial charge on any atom is -0.304 e. The molecule has 0 radical (unpaired) electrons. The van der Waals surface area contributed by atoms with E-state index in [2.05, 4.69) is 25.6 Å². The molecule has 1 N–H and O–H groups in total. The quantitative estimate of drug-likeness (QED) is 0.724. The zero-order valence-corrected chi connectivity index (χ0v) is 14.9. The van der Waals surface area contributed by atoms with Crippen LogP contribution in [0.15, 0.2) is 58.0 Å². The minimum atomic E-state index is -3.49. The lowest BCUT2D eigenvalue weighted by Gasteiger charge is -2.05. The molecule has 0 saturated carbocycles. The molecule has 0 spiro atoms. The van der Waals surface area contributed by atoms with Crippen LogP contribution in [-0.2, 0) is 16.4 Å². The van der Waals surface area contributed by atoms with Gasteiger partial charge in [0.15, 0.2) is 0 Å². The van der Waals surface area contributed by atoms with Gasteiger partial charge in [-0.1, -0.05) is 22.0 Å². The number of nitrogens with one attached hydrogen (secondary N) is 1. The van der Waals surface area contributed by atoms with Gasteiger partial charge in [0.2, 0.25) is 10.0 Å². The molecule has 0 aliphatic carbocycles. The van der Waals surface area contributed by atoms with Crippen LogP contribution in [0.2, 0.25) is 0 Å². The molecule has 7 heteroatoms. The predicted molar refractivity (Wildman–Crippen MR) is 93.0 cm³/mol. The van der Waals surface area contributed by atoms with Gasteiger partial charge in [-0.05, 0) is 43.3 Å². The molecule has 2 aromatic heterocycles. The van der Waals surface area contributed by atoms with Crippen molar-refractivity contribution in [2.45, 2.75) is 18.2 Å². The second kappa shape index (κ2) is 6.43. The molecule has 0 bridgehead atoms. The van der Waals surface area contributed by atoms with Crippen molar-refractivity contribution in [3.05, 3.63) is 64.5 Å². The van der Waals surface area contributed by atoms with Crippen molar-refractivity contribution in [2.75, 3.05) is 6.54 Å². The van der Waals surface area contributed by atoms with E-state index in [0.717, 1.165) is 21.5 Å². The van der Waals surface area contributed by atoms with Gasteiger partial charge in [0.25, 0.3) is 0 Å². The largest absolute Gasteiger partial charge is 0.304 e. The van der Waals surface area contributed by atoms with E-state index in [1.54, 1.807) is 24.3 Å². The van der Waals surface area contributed by atoms with Crippen molar-refractivity contribution in [2.24, 2.45) is 0 Å². The minimum absolute atomic E-state index is 0.256. The molecule has 0 saturated heterocycles. The summed E-state index contributed by atoms with van der Waals surface area (Å²) >= 11 is 3.29.